The molecule has 0 saturated heterocycles. The van der Waals surface area contributed by atoms with Crippen LogP contribution in [0.4, 0.5) is 0 Å². The van der Waals surface area contributed by atoms with Gasteiger partial charge in [0.05, 0.1) is 0 Å². The summed E-state index contributed by atoms with van der Waals surface area (Å²) < 4.78 is 5.33. The molecule has 0 bridgehead atoms. The second kappa shape index (κ2) is 13.5. The van der Waals surface area contributed by atoms with Crippen LogP contribution in [0.2, 0.25) is 5.02 Å². The smallest absolute Gasteiger partial charge is 0.191 e. The average Bonchev–Trinajstić information content (AvgIpc) is 2.56. The number of unbranched alkanes of at least 4 members (excludes halogenated alkanes) is 1. The van der Waals surface area contributed by atoms with Crippen molar-refractivity contribution in [1.29, 1.82) is 0 Å². The summed E-state index contributed by atoms with van der Waals surface area (Å²) in [5.74, 6) is 1.87. The molecule has 6 heteroatoms. The Morgan fingerprint density at radius 3 is 2.65 bits per heavy atom. The molecule has 0 spiro atoms. The molecule has 0 atom stereocenters. The first kappa shape index (κ1) is 20.1. The highest BCUT2D eigenvalue weighted by atomic mass is 35.5. The summed E-state index contributed by atoms with van der Waals surface area (Å²) in [6, 6.07) is 7.94. The maximum Gasteiger partial charge on any atom is 0.191 e. The second-order valence-electron chi connectivity index (χ2n) is 4.89. The van der Waals surface area contributed by atoms with E-state index < -0.39 is 0 Å². The molecule has 0 aliphatic heterocycles. The van der Waals surface area contributed by atoms with Gasteiger partial charge >= 0.3 is 0 Å². The SMILES string of the molecule is CCNC(=NCCCCOCC)NCCSc1ccc(Cl)cc1. The summed E-state index contributed by atoms with van der Waals surface area (Å²) in [4.78, 5) is 5.81. The predicted molar refractivity (Wildman–Crippen MR) is 102 cm³/mol. The van der Waals surface area contributed by atoms with Crippen LogP contribution in [0.25, 0.3) is 0 Å². The maximum atomic E-state index is 5.88. The first-order chi connectivity index (χ1) is 11.3. The Bertz CT molecular complexity index is 440. The number of ether oxygens (including phenoxy) is 1. The first-order valence-corrected chi connectivity index (χ1v) is 9.61. The lowest BCUT2D eigenvalue weighted by Crippen LogP contribution is -2.38. The van der Waals surface area contributed by atoms with Gasteiger partial charge in [0.1, 0.15) is 0 Å². The molecule has 1 aromatic rings. The van der Waals surface area contributed by atoms with Crippen molar-refractivity contribution in [3.05, 3.63) is 29.3 Å². The van der Waals surface area contributed by atoms with Crippen LogP contribution in [0.5, 0.6) is 0 Å². The van der Waals surface area contributed by atoms with E-state index in [0.717, 1.165) is 62.4 Å². The summed E-state index contributed by atoms with van der Waals surface area (Å²) in [6.45, 7) is 8.29. The van der Waals surface area contributed by atoms with Crippen LogP contribution in [0, 0.1) is 0 Å². The van der Waals surface area contributed by atoms with Crippen molar-refractivity contribution in [2.75, 3.05) is 38.6 Å². The largest absolute Gasteiger partial charge is 0.382 e. The van der Waals surface area contributed by atoms with Crippen LogP contribution in [-0.2, 0) is 4.74 Å². The summed E-state index contributed by atoms with van der Waals surface area (Å²) in [5.41, 5.74) is 0. The lowest BCUT2D eigenvalue weighted by atomic mass is 10.3. The Morgan fingerprint density at radius 1 is 1.17 bits per heavy atom. The van der Waals surface area contributed by atoms with Crippen molar-refractivity contribution in [1.82, 2.24) is 10.6 Å². The molecule has 1 rings (SSSR count). The lowest BCUT2D eigenvalue weighted by Gasteiger charge is -2.11. The number of rotatable bonds is 11. The number of nitrogens with zero attached hydrogens (tertiary/aromatic N) is 1. The van der Waals surface area contributed by atoms with Gasteiger partial charge in [0.2, 0.25) is 0 Å². The Hall–Kier alpha value is -0.910. The van der Waals surface area contributed by atoms with E-state index in [-0.39, 0.29) is 0 Å². The number of thioether (sulfide) groups is 1. The monoisotopic (exact) mass is 357 g/mol. The van der Waals surface area contributed by atoms with Gasteiger partial charge in [-0.15, -0.1) is 11.8 Å². The Labute approximate surface area is 149 Å². The van der Waals surface area contributed by atoms with Gasteiger partial charge in [-0.1, -0.05) is 11.6 Å². The van der Waals surface area contributed by atoms with Crippen molar-refractivity contribution >= 4 is 29.3 Å². The Morgan fingerprint density at radius 2 is 1.96 bits per heavy atom. The molecule has 0 aliphatic rings. The van der Waals surface area contributed by atoms with E-state index in [1.54, 1.807) is 11.8 Å². The molecule has 4 nitrogen and oxygen atoms in total. The maximum absolute atomic E-state index is 5.88. The van der Waals surface area contributed by atoms with Crippen LogP contribution >= 0.6 is 23.4 Å². The highest BCUT2D eigenvalue weighted by Gasteiger charge is 1.98. The molecule has 1 aromatic carbocycles. The highest BCUT2D eigenvalue weighted by Crippen LogP contribution is 2.19. The van der Waals surface area contributed by atoms with E-state index in [2.05, 4.69) is 22.5 Å². The van der Waals surface area contributed by atoms with Crippen LogP contribution in [0.3, 0.4) is 0 Å². The third-order valence-electron chi connectivity index (χ3n) is 2.99. The predicted octanol–water partition coefficient (Wildman–Crippen LogP) is 3.80. The zero-order valence-corrected chi connectivity index (χ0v) is 15.7. The standard InChI is InChI=1S/C17H28ClN3OS/c1-3-19-17(20-11-5-6-13-22-4-2)21-12-14-23-16-9-7-15(18)8-10-16/h7-10H,3-6,11-14H2,1-2H3,(H2,19,20,21). The Balaban J connectivity index is 2.19. The fourth-order valence-corrected chi connectivity index (χ4v) is 2.76. The number of aliphatic imine (C=N–C) groups is 1. The third-order valence-corrected chi connectivity index (χ3v) is 4.26. The van der Waals surface area contributed by atoms with Crippen LogP contribution in [0.1, 0.15) is 26.7 Å². The Kier molecular flexibility index (Phi) is 11.8. The minimum Gasteiger partial charge on any atom is -0.382 e. The second-order valence-corrected chi connectivity index (χ2v) is 6.50. The summed E-state index contributed by atoms with van der Waals surface area (Å²) in [5, 5.41) is 7.41. The fraction of sp³-hybridized carbons (Fsp3) is 0.588. The van der Waals surface area contributed by atoms with Crippen molar-refractivity contribution in [3.8, 4) is 0 Å². The number of hydrogen-bond donors (Lipinski definition) is 2. The fourth-order valence-electron chi connectivity index (χ4n) is 1.86. The van der Waals surface area contributed by atoms with Crippen LogP contribution in [-0.4, -0.2) is 44.6 Å². The molecule has 0 fully saturated rings. The average molecular weight is 358 g/mol. The molecule has 130 valence electrons. The molecule has 23 heavy (non-hydrogen) atoms. The number of benzene rings is 1. The minimum absolute atomic E-state index is 0.776. The number of halogens is 1. The van der Waals surface area contributed by atoms with Crippen LogP contribution in [0.15, 0.2) is 34.2 Å². The number of hydrogen-bond acceptors (Lipinski definition) is 3. The van der Waals surface area contributed by atoms with Gasteiger partial charge in [-0.25, -0.2) is 0 Å². The van der Waals surface area contributed by atoms with Gasteiger partial charge in [-0.05, 0) is 51.0 Å². The van der Waals surface area contributed by atoms with Crippen LogP contribution < -0.4 is 10.6 Å². The third kappa shape index (κ3) is 10.5. The lowest BCUT2D eigenvalue weighted by molar-refractivity contribution is 0.144. The molecule has 2 N–H and O–H groups in total. The molecule has 0 amide bonds. The van der Waals surface area contributed by atoms with Gasteiger partial charge < -0.3 is 15.4 Å². The minimum atomic E-state index is 0.776. The normalized spacial score (nSPS) is 11.5. The quantitative estimate of drug-likeness (QED) is 0.273. The van der Waals surface area contributed by atoms with E-state index in [9.17, 15) is 0 Å². The summed E-state index contributed by atoms with van der Waals surface area (Å²) in [7, 11) is 0. The van der Waals surface area contributed by atoms with Gasteiger partial charge in [-0.2, -0.15) is 0 Å². The first-order valence-electron chi connectivity index (χ1n) is 8.24. The van der Waals surface area contributed by atoms with Gasteiger partial charge in [-0.3, -0.25) is 4.99 Å². The van der Waals surface area contributed by atoms with Crippen molar-refractivity contribution in [3.63, 3.8) is 0 Å². The molecular weight excluding hydrogens is 330 g/mol. The van der Waals surface area contributed by atoms with Crippen molar-refractivity contribution < 1.29 is 4.74 Å². The van der Waals surface area contributed by atoms with E-state index in [0.29, 0.717) is 0 Å². The van der Waals surface area contributed by atoms with E-state index >= 15 is 0 Å². The van der Waals surface area contributed by atoms with Crippen molar-refractivity contribution in [2.24, 2.45) is 4.99 Å². The van der Waals surface area contributed by atoms with E-state index in [1.807, 2.05) is 31.2 Å². The van der Waals surface area contributed by atoms with Crippen molar-refractivity contribution in [2.45, 2.75) is 31.6 Å². The zero-order valence-electron chi connectivity index (χ0n) is 14.1. The molecule has 0 radical (unpaired) electrons. The molecule has 0 saturated carbocycles. The van der Waals surface area contributed by atoms with E-state index in [1.165, 1.54) is 4.90 Å². The van der Waals surface area contributed by atoms with Gasteiger partial charge in [0, 0.05) is 48.5 Å². The molecular formula is C17H28ClN3OS. The summed E-state index contributed by atoms with van der Waals surface area (Å²) >= 11 is 7.69. The molecule has 0 unspecified atom stereocenters. The number of nitrogens with one attached hydrogen (secondary N) is 2. The molecule has 0 aliphatic carbocycles. The molecule has 0 heterocycles. The topological polar surface area (TPSA) is 45.7 Å². The molecule has 0 aromatic heterocycles. The number of guanidine groups is 1. The summed E-state index contributed by atoms with van der Waals surface area (Å²) in [6.07, 6.45) is 2.11. The van der Waals surface area contributed by atoms with E-state index in [4.69, 9.17) is 16.3 Å². The van der Waals surface area contributed by atoms with Gasteiger partial charge in [0.25, 0.3) is 0 Å². The van der Waals surface area contributed by atoms with Gasteiger partial charge in [0.15, 0.2) is 5.96 Å². The highest BCUT2D eigenvalue weighted by molar-refractivity contribution is 7.99. The zero-order chi connectivity index (χ0) is 16.8.